The number of aromatic nitrogens is 1. The molecule has 7 heteroatoms. The van der Waals surface area contributed by atoms with Gasteiger partial charge >= 0.3 is 0 Å². The normalized spacial score (nSPS) is 11.8. The van der Waals surface area contributed by atoms with Gasteiger partial charge in [0.2, 0.25) is 5.88 Å². The van der Waals surface area contributed by atoms with Crippen LogP contribution in [0.3, 0.4) is 0 Å². The molecular weight excluding hydrogens is 322 g/mol. The van der Waals surface area contributed by atoms with Crippen LogP contribution in [0.15, 0.2) is 42.6 Å². The molecule has 1 N–H and O–H groups in total. The summed E-state index contributed by atoms with van der Waals surface area (Å²) in [5.41, 5.74) is 0.189. The van der Waals surface area contributed by atoms with Gasteiger partial charge < -0.3 is 10.1 Å². The van der Waals surface area contributed by atoms with Crippen molar-refractivity contribution in [2.45, 2.75) is 33.2 Å². The monoisotopic (exact) mass is 343 g/mol. The minimum Gasteiger partial charge on any atom is -0.438 e. The highest BCUT2D eigenvalue weighted by atomic mass is 16.6. The maximum absolute atomic E-state index is 12.5. The number of nitro benzene ring substituents is 1. The molecule has 132 valence electrons. The fourth-order valence-electron chi connectivity index (χ4n) is 2.48. The van der Waals surface area contributed by atoms with Crippen molar-refractivity contribution in [1.29, 1.82) is 0 Å². The largest absolute Gasteiger partial charge is 0.438 e. The third kappa shape index (κ3) is 5.27. The second-order valence-electron chi connectivity index (χ2n) is 6.22. The van der Waals surface area contributed by atoms with Crippen molar-refractivity contribution < 1.29 is 14.5 Å². The minimum absolute atomic E-state index is 0.0124. The molecule has 2 rings (SSSR count). The number of hydrogen-bond acceptors (Lipinski definition) is 5. The molecule has 0 radical (unpaired) electrons. The molecule has 1 aromatic carbocycles. The third-order valence-electron chi connectivity index (χ3n) is 3.46. The molecule has 0 aliphatic heterocycles. The van der Waals surface area contributed by atoms with Crippen LogP contribution in [0.25, 0.3) is 0 Å². The minimum atomic E-state index is -0.507. The van der Waals surface area contributed by atoms with E-state index in [0.29, 0.717) is 5.92 Å². The third-order valence-corrected chi connectivity index (χ3v) is 3.46. The van der Waals surface area contributed by atoms with E-state index in [2.05, 4.69) is 24.1 Å². The summed E-state index contributed by atoms with van der Waals surface area (Å²) in [6.45, 7) is 6.11. The van der Waals surface area contributed by atoms with Crippen LogP contribution < -0.4 is 10.1 Å². The molecule has 25 heavy (non-hydrogen) atoms. The lowest BCUT2D eigenvalue weighted by atomic mass is 10.0. The summed E-state index contributed by atoms with van der Waals surface area (Å²) in [5, 5.41) is 13.8. The molecule has 0 aliphatic carbocycles. The average Bonchev–Trinajstić information content (AvgIpc) is 2.54. The molecule has 7 nitrogen and oxygen atoms in total. The molecule has 2 aromatic rings. The van der Waals surface area contributed by atoms with Gasteiger partial charge in [-0.05, 0) is 37.5 Å². The van der Waals surface area contributed by atoms with E-state index in [1.165, 1.54) is 24.4 Å². The summed E-state index contributed by atoms with van der Waals surface area (Å²) < 4.78 is 5.61. The van der Waals surface area contributed by atoms with Crippen molar-refractivity contribution in [2.75, 3.05) is 0 Å². The number of nitrogens with one attached hydrogen (secondary N) is 1. The van der Waals surface area contributed by atoms with E-state index in [-0.39, 0.29) is 34.8 Å². The number of benzene rings is 1. The number of non-ortho nitro benzene ring substituents is 1. The van der Waals surface area contributed by atoms with E-state index in [4.69, 9.17) is 4.74 Å². The van der Waals surface area contributed by atoms with E-state index in [0.717, 1.165) is 6.42 Å². The first-order valence-electron chi connectivity index (χ1n) is 8.05. The number of hydrogen-bond donors (Lipinski definition) is 1. The summed E-state index contributed by atoms with van der Waals surface area (Å²) in [6.07, 6.45) is 2.36. The van der Waals surface area contributed by atoms with Crippen molar-refractivity contribution in [2.24, 2.45) is 5.92 Å². The van der Waals surface area contributed by atoms with Crippen LogP contribution in [-0.2, 0) is 0 Å². The molecule has 1 heterocycles. The Bertz CT molecular complexity index is 761. The van der Waals surface area contributed by atoms with Crippen molar-refractivity contribution in [3.05, 3.63) is 58.3 Å². The van der Waals surface area contributed by atoms with Gasteiger partial charge in [-0.25, -0.2) is 4.98 Å². The first-order chi connectivity index (χ1) is 11.9. The molecule has 0 fully saturated rings. The number of nitro groups is 1. The second kappa shape index (κ2) is 8.23. The Morgan fingerprint density at radius 3 is 2.72 bits per heavy atom. The fourth-order valence-corrected chi connectivity index (χ4v) is 2.48. The van der Waals surface area contributed by atoms with Gasteiger partial charge in [-0.3, -0.25) is 14.9 Å². The van der Waals surface area contributed by atoms with Gasteiger partial charge in [-0.2, -0.15) is 0 Å². The predicted octanol–water partition coefficient (Wildman–Crippen LogP) is 3.95. The lowest BCUT2D eigenvalue weighted by molar-refractivity contribution is -0.384. The number of rotatable bonds is 7. The molecule has 1 amide bonds. The molecule has 1 atom stereocenters. The highest BCUT2D eigenvalue weighted by Crippen LogP contribution is 2.26. The van der Waals surface area contributed by atoms with Crippen LogP contribution in [0.5, 0.6) is 11.6 Å². The van der Waals surface area contributed by atoms with Gasteiger partial charge in [-0.15, -0.1) is 0 Å². The van der Waals surface area contributed by atoms with Crippen LogP contribution >= 0.6 is 0 Å². The number of carbonyl (C=O) groups is 1. The first-order valence-corrected chi connectivity index (χ1v) is 8.05. The Balaban J connectivity index is 2.19. The number of amides is 1. The van der Waals surface area contributed by atoms with E-state index < -0.39 is 4.92 Å². The molecule has 1 unspecified atom stereocenters. The number of ether oxygens (including phenoxy) is 1. The van der Waals surface area contributed by atoms with Crippen LogP contribution in [0.1, 0.15) is 37.6 Å². The zero-order chi connectivity index (χ0) is 18.4. The van der Waals surface area contributed by atoms with Gasteiger partial charge in [0, 0.05) is 18.3 Å². The van der Waals surface area contributed by atoms with Gasteiger partial charge in [-0.1, -0.05) is 19.9 Å². The summed E-state index contributed by atoms with van der Waals surface area (Å²) >= 11 is 0. The molecular formula is C18H21N3O4. The average molecular weight is 343 g/mol. The Morgan fingerprint density at radius 1 is 1.28 bits per heavy atom. The van der Waals surface area contributed by atoms with Gasteiger partial charge in [0.15, 0.2) is 0 Å². The quantitative estimate of drug-likeness (QED) is 0.607. The topological polar surface area (TPSA) is 94.4 Å². The van der Waals surface area contributed by atoms with Gasteiger partial charge in [0.25, 0.3) is 11.6 Å². The Morgan fingerprint density at radius 2 is 2.04 bits per heavy atom. The summed E-state index contributed by atoms with van der Waals surface area (Å²) in [5.74, 6) is 0.529. The Hall–Kier alpha value is -2.96. The van der Waals surface area contributed by atoms with Crippen LogP contribution in [0, 0.1) is 16.0 Å². The molecule has 0 bridgehead atoms. The highest BCUT2D eigenvalue weighted by molar-refractivity contribution is 5.96. The summed E-state index contributed by atoms with van der Waals surface area (Å²) in [4.78, 5) is 26.9. The zero-order valence-corrected chi connectivity index (χ0v) is 14.4. The maximum atomic E-state index is 12.5. The smallest absolute Gasteiger partial charge is 0.273 e. The fraction of sp³-hybridized carbons (Fsp3) is 0.333. The number of nitrogens with zero attached hydrogens (tertiary/aromatic N) is 2. The zero-order valence-electron chi connectivity index (χ0n) is 14.4. The predicted molar refractivity (Wildman–Crippen MR) is 93.8 cm³/mol. The molecule has 0 spiro atoms. The van der Waals surface area contributed by atoms with Crippen molar-refractivity contribution in [1.82, 2.24) is 10.3 Å². The maximum Gasteiger partial charge on any atom is 0.273 e. The van der Waals surface area contributed by atoms with E-state index in [1.54, 1.807) is 18.2 Å². The van der Waals surface area contributed by atoms with Gasteiger partial charge in [0.05, 0.1) is 11.0 Å². The number of carbonyl (C=O) groups excluding carboxylic acids is 1. The molecule has 0 aliphatic rings. The lowest BCUT2D eigenvalue weighted by Crippen LogP contribution is -2.33. The molecule has 1 aromatic heterocycles. The standard InChI is InChI=1S/C18H21N3O4/c1-12(2)10-13(3)20-17(22)16-8-5-9-19-18(16)25-15-7-4-6-14(11-15)21(23)24/h4-9,11-13H,10H2,1-3H3,(H,20,22). The van der Waals surface area contributed by atoms with Crippen LogP contribution in [0.4, 0.5) is 5.69 Å². The highest BCUT2D eigenvalue weighted by Gasteiger charge is 2.17. The first kappa shape index (κ1) is 18.4. The SMILES string of the molecule is CC(C)CC(C)NC(=O)c1cccnc1Oc1cccc([N+](=O)[O-])c1. The summed E-state index contributed by atoms with van der Waals surface area (Å²) in [6, 6.07) is 9.01. The van der Waals surface area contributed by atoms with Gasteiger partial charge in [0.1, 0.15) is 11.3 Å². The molecule has 0 saturated carbocycles. The summed E-state index contributed by atoms with van der Waals surface area (Å²) in [7, 11) is 0. The Labute approximate surface area is 146 Å². The Kier molecular flexibility index (Phi) is 6.05. The van der Waals surface area contributed by atoms with Crippen molar-refractivity contribution in [3.63, 3.8) is 0 Å². The lowest BCUT2D eigenvalue weighted by Gasteiger charge is -2.17. The van der Waals surface area contributed by atoms with Crippen LogP contribution in [0.2, 0.25) is 0 Å². The second-order valence-corrected chi connectivity index (χ2v) is 6.22. The molecule has 0 saturated heterocycles. The van der Waals surface area contributed by atoms with Crippen LogP contribution in [-0.4, -0.2) is 21.9 Å². The van der Waals surface area contributed by atoms with E-state index in [1.807, 2.05) is 6.92 Å². The van der Waals surface area contributed by atoms with E-state index in [9.17, 15) is 14.9 Å². The van der Waals surface area contributed by atoms with E-state index >= 15 is 0 Å². The van der Waals surface area contributed by atoms with Crippen molar-refractivity contribution >= 4 is 11.6 Å². The van der Waals surface area contributed by atoms with Crippen molar-refractivity contribution in [3.8, 4) is 11.6 Å². The number of pyridine rings is 1.